The second kappa shape index (κ2) is 9.56. The van der Waals surface area contributed by atoms with Crippen LogP contribution in [0.4, 0.5) is 0 Å². The zero-order valence-corrected chi connectivity index (χ0v) is 8.40. The van der Waals surface area contributed by atoms with Crippen LogP contribution in [0.25, 0.3) is 0 Å². The predicted molar refractivity (Wildman–Crippen MR) is 26.6 cm³/mol. The number of hydrogen-bond donors (Lipinski definition) is 0. The molecule has 7 heavy (non-hydrogen) atoms. The fraction of sp³-hybridized carbons (Fsp3) is 0.400. The summed E-state index contributed by atoms with van der Waals surface area (Å²) in [7, 11) is 0. The van der Waals surface area contributed by atoms with Crippen LogP contribution in [0.5, 0.6) is 0 Å². The van der Waals surface area contributed by atoms with Gasteiger partial charge in [0.1, 0.15) is 0 Å². The molecule has 0 bridgehead atoms. The Kier molecular flexibility index (Phi) is 14.1. The van der Waals surface area contributed by atoms with Crippen molar-refractivity contribution < 1.29 is 31.1 Å². The van der Waals surface area contributed by atoms with Gasteiger partial charge in [-0.3, -0.25) is 0 Å². The Bertz CT molecular complexity index is 88.0. The maximum atomic E-state index is 4.67. The Balaban J connectivity index is 0. The van der Waals surface area contributed by atoms with E-state index in [0.29, 0.717) is 0 Å². The van der Waals surface area contributed by atoms with Gasteiger partial charge in [-0.15, -0.1) is 0 Å². The van der Waals surface area contributed by atoms with E-state index in [1.54, 1.807) is 0 Å². The third-order valence-corrected chi connectivity index (χ3v) is 0.320. The molecule has 0 aromatic rings. The molecule has 0 aliphatic carbocycles. The summed E-state index contributed by atoms with van der Waals surface area (Å²) in [6.07, 6.45) is 0.820. The molecule has 0 unspecified atom stereocenters. The fourth-order valence-corrected chi connectivity index (χ4v) is 0.125. The van der Waals surface area contributed by atoms with Gasteiger partial charge in [0.25, 0.3) is 0 Å². The topological polar surface area (TPSA) is 12.4 Å². The molecule has 0 N–H and O–H groups in total. The fourth-order valence-electron chi connectivity index (χ4n) is 0.125. The molecule has 0 aromatic heterocycles. The molecular weight excluding hydrogens is 312 g/mol. The van der Waals surface area contributed by atoms with Crippen molar-refractivity contribution in [1.82, 2.24) is 0 Å². The second-order valence-corrected chi connectivity index (χ2v) is 0.771. The van der Waals surface area contributed by atoms with Crippen molar-refractivity contribution in [3.63, 3.8) is 0 Å². The Morgan fingerprint density at radius 2 is 2.29 bits per heavy atom. The molecule has 0 amide bonds. The molecular formula is C5H6NU-. The first-order valence-corrected chi connectivity index (χ1v) is 1.79. The van der Waals surface area contributed by atoms with Crippen molar-refractivity contribution >= 4 is 6.72 Å². The first kappa shape index (κ1) is 10.3. The minimum absolute atomic E-state index is 0. The van der Waals surface area contributed by atoms with E-state index in [0.717, 1.165) is 6.42 Å². The van der Waals surface area contributed by atoms with E-state index in [1.807, 2.05) is 6.92 Å². The summed E-state index contributed by atoms with van der Waals surface area (Å²) in [6.45, 7) is 6.61. The third-order valence-electron chi connectivity index (χ3n) is 0.320. The van der Waals surface area contributed by atoms with Crippen LogP contribution in [0.15, 0.2) is 4.99 Å². The van der Waals surface area contributed by atoms with Crippen molar-refractivity contribution in [3.8, 4) is 12.0 Å². The van der Waals surface area contributed by atoms with Crippen molar-refractivity contribution in [2.24, 2.45) is 4.99 Å². The van der Waals surface area contributed by atoms with Crippen molar-refractivity contribution in [2.45, 2.75) is 13.3 Å². The quantitative estimate of drug-likeness (QED) is 0.358. The molecule has 0 radical (unpaired) electrons. The van der Waals surface area contributed by atoms with Crippen LogP contribution >= 0.6 is 0 Å². The van der Waals surface area contributed by atoms with E-state index in [4.69, 9.17) is 0 Å². The van der Waals surface area contributed by atoms with E-state index in [9.17, 15) is 0 Å². The van der Waals surface area contributed by atoms with Gasteiger partial charge in [-0.2, -0.15) is 12.6 Å². The Morgan fingerprint density at radius 1 is 1.71 bits per heavy atom. The Morgan fingerprint density at radius 3 is 2.43 bits per heavy atom. The van der Waals surface area contributed by atoms with E-state index in [-0.39, 0.29) is 31.1 Å². The molecule has 0 atom stereocenters. The smallest absolute Gasteiger partial charge is 0 e. The van der Waals surface area contributed by atoms with Gasteiger partial charge >= 0.3 is 0 Å². The molecule has 0 saturated carbocycles. The van der Waals surface area contributed by atoms with E-state index in [1.165, 1.54) is 0 Å². The maximum Gasteiger partial charge on any atom is 0 e. The molecule has 0 aliphatic heterocycles. The van der Waals surface area contributed by atoms with E-state index < -0.39 is 0 Å². The molecule has 2 heteroatoms. The van der Waals surface area contributed by atoms with Crippen LogP contribution in [0.2, 0.25) is 0 Å². The summed E-state index contributed by atoms with van der Waals surface area (Å²) in [6, 6.07) is 2.35. The summed E-state index contributed by atoms with van der Waals surface area (Å²) in [5.74, 6) is 2.66. The summed E-state index contributed by atoms with van der Waals surface area (Å²) < 4.78 is 0. The van der Waals surface area contributed by atoms with Gasteiger partial charge in [0.05, 0.1) is 0 Å². The van der Waals surface area contributed by atoms with E-state index >= 15 is 0 Å². The number of nitrogens with zero attached hydrogens (tertiary/aromatic N) is 1. The van der Waals surface area contributed by atoms with Crippen LogP contribution in [0.3, 0.4) is 0 Å². The van der Waals surface area contributed by atoms with Gasteiger partial charge in [0.2, 0.25) is 0 Å². The van der Waals surface area contributed by atoms with Gasteiger partial charge in [-0.25, -0.2) is 6.04 Å². The van der Waals surface area contributed by atoms with Crippen LogP contribution < -0.4 is 0 Å². The molecule has 0 aliphatic rings. The van der Waals surface area contributed by atoms with E-state index in [2.05, 4.69) is 23.7 Å². The van der Waals surface area contributed by atoms with Crippen molar-refractivity contribution in [3.05, 3.63) is 0 Å². The standard InChI is InChI=1S/C5H6N.U/c1-3-4-5-6-2;/h2H,3H2,1H3;/q-1;. The molecule has 0 aromatic carbocycles. The third kappa shape index (κ3) is 10.7. The predicted octanol–water partition coefficient (Wildman–Crippen LogP) is 0.935. The molecule has 0 fully saturated rings. The maximum absolute atomic E-state index is 4.67. The summed E-state index contributed by atoms with van der Waals surface area (Å²) in [5.41, 5.74) is 0. The first-order chi connectivity index (χ1) is 2.91. The van der Waals surface area contributed by atoms with Gasteiger partial charge < -0.3 is 4.99 Å². The van der Waals surface area contributed by atoms with Gasteiger partial charge in [-0.1, -0.05) is 6.92 Å². The minimum atomic E-state index is 0. The average Bonchev–Trinajstić information content (AvgIpc) is 1.61. The van der Waals surface area contributed by atoms with Crippen LogP contribution in [-0.2, 0) is 0 Å². The number of aliphatic imine (C=N–C) groups is 1. The van der Waals surface area contributed by atoms with Gasteiger partial charge in [0.15, 0.2) is 0 Å². The summed E-state index contributed by atoms with van der Waals surface area (Å²) in [4.78, 5) is 3.06. The zero-order chi connectivity index (χ0) is 4.83. The molecule has 0 heterocycles. The first-order valence-electron chi connectivity index (χ1n) is 1.79. The van der Waals surface area contributed by atoms with Gasteiger partial charge in [-0.05, 0) is 6.42 Å². The van der Waals surface area contributed by atoms with Crippen LogP contribution in [-0.4, -0.2) is 6.72 Å². The summed E-state index contributed by atoms with van der Waals surface area (Å²) >= 11 is 0. The molecule has 0 saturated heterocycles. The molecule has 0 spiro atoms. The number of hydrogen-bond acceptors (Lipinski definition) is 1. The SMILES string of the molecule is [CH-]=NC#CCC.[U]. The Hall–Kier alpha value is 0.282. The second-order valence-electron chi connectivity index (χ2n) is 0.771. The molecule has 0 rings (SSSR count). The largest absolute Gasteiger partial charge is 0.428 e. The zero-order valence-electron chi connectivity index (χ0n) is 4.23. The molecule has 1 nitrogen and oxygen atoms in total. The van der Waals surface area contributed by atoms with Crippen LogP contribution in [0, 0.1) is 43.1 Å². The van der Waals surface area contributed by atoms with Gasteiger partial charge in [0, 0.05) is 31.1 Å². The Labute approximate surface area is 68.0 Å². The van der Waals surface area contributed by atoms with Crippen molar-refractivity contribution in [1.29, 1.82) is 0 Å². The normalized spacial score (nSPS) is 4.71. The monoisotopic (exact) mass is 318 g/mol. The molecule has 36 valence electrons. The number of rotatable bonds is 0. The summed E-state index contributed by atoms with van der Waals surface area (Å²) in [5, 5.41) is 0. The average molecular weight is 318 g/mol. The van der Waals surface area contributed by atoms with Crippen molar-refractivity contribution in [2.75, 3.05) is 0 Å². The minimum Gasteiger partial charge on any atom is -0.428 e. The van der Waals surface area contributed by atoms with Crippen LogP contribution in [0.1, 0.15) is 13.3 Å².